The van der Waals surface area contributed by atoms with E-state index >= 15 is 0 Å². The van der Waals surface area contributed by atoms with E-state index in [1.807, 2.05) is 81.5 Å². The van der Waals surface area contributed by atoms with E-state index in [9.17, 15) is 9.90 Å². The number of hydrogen-bond acceptors (Lipinski definition) is 5. The number of ether oxygens (including phenoxy) is 1. The SMILES string of the molecule is Cc1nc2c(cc(-c3ccnc(-c4ccc5c(cnn5C)c4)c3)n2C)c(-c2ccc(Cl)cc2)c1[C@H](OC(C)(C)C)C(=O)O. The Bertz CT molecular complexity index is 2020. The molecule has 4 aromatic heterocycles. The number of pyridine rings is 2. The van der Waals surface area contributed by atoms with Crippen molar-refractivity contribution < 1.29 is 14.6 Å². The summed E-state index contributed by atoms with van der Waals surface area (Å²) in [5.74, 6) is -1.07. The lowest BCUT2D eigenvalue weighted by atomic mass is 9.92. The maximum Gasteiger partial charge on any atom is 0.337 e. The summed E-state index contributed by atoms with van der Waals surface area (Å²) in [6.07, 6.45) is 2.43. The molecule has 0 aliphatic rings. The fourth-order valence-corrected chi connectivity index (χ4v) is 5.77. The summed E-state index contributed by atoms with van der Waals surface area (Å²) in [7, 11) is 3.89. The van der Waals surface area contributed by atoms with Crippen molar-refractivity contribution >= 4 is 39.5 Å². The first-order valence-corrected chi connectivity index (χ1v) is 14.3. The summed E-state index contributed by atoms with van der Waals surface area (Å²) in [6.45, 7) is 7.38. The van der Waals surface area contributed by atoms with Crippen molar-refractivity contribution in [2.45, 2.75) is 39.4 Å². The third kappa shape index (κ3) is 5.28. The van der Waals surface area contributed by atoms with Gasteiger partial charge in [0.05, 0.1) is 28.7 Å². The molecule has 0 spiro atoms. The van der Waals surface area contributed by atoms with Crippen LogP contribution in [0, 0.1) is 6.92 Å². The lowest BCUT2D eigenvalue weighted by Crippen LogP contribution is -2.28. The molecule has 6 rings (SSSR count). The van der Waals surface area contributed by atoms with Gasteiger partial charge in [0.15, 0.2) is 6.10 Å². The molecular formula is C34H32ClN5O3. The Morgan fingerprint density at radius 2 is 1.70 bits per heavy atom. The standard InChI is InChI=1S/C34H32ClN5O3/c1-19-29(31(33(41)42)43-34(2,3)4)30(20-7-10-24(35)11-8-20)25-17-28(39(5)32(25)38-19)22-13-14-36-26(16-22)21-9-12-27-23(15-21)18-37-40(27)6/h7-18,31H,1-6H3,(H,41,42)/t31-/m0/s1. The van der Waals surface area contributed by atoms with Crippen molar-refractivity contribution in [3.8, 4) is 33.6 Å². The van der Waals surface area contributed by atoms with Crippen LogP contribution in [0.4, 0.5) is 0 Å². The number of carboxylic acids is 1. The second-order valence-electron chi connectivity index (χ2n) is 11.7. The Labute approximate surface area is 254 Å². The van der Waals surface area contributed by atoms with Crippen LogP contribution in [0.15, 0.2) is 73.1 Å². The minimum Gasteiger partial charge on any atom is -0.479 e. The molecule has 0 fully saturated rings. The summed E-state index contributed by atoms with van der Waals surface area (Å²) >= 11 is 6.25. The van der Waals surface area contributed by atoms with E-state index in [1.54, 1.807) is 18.3 Å². The number of halogens is 1. The summed E-state index contributed by atoms with van der Waals surface area (Å²) in [4.78, 5) is 22.3. The second kappa shape index (κ2) is 10.6. The van der Waals surface area contributed by atoms with Crippen LogP contribution in [0.1, 0.15) is 38.1 Å². The van der Waals surface area contributed by atoms with E-state index in [4.69, 9.17) is 21.3 Å². The third-order valence-corrected chi connectivity index (χ3v) is 7.84. The lowest BCUT2D eigenvalue weighted by Gasteiger charge is -2.27. The highest BCUT2D eigenvalue weighted by molar-refractivity contribution is 6.30. The number of benzene rings is 2. The molecule has 0 aliphatic heterocycles. The molecule has 9 heteroatoms. The molecule has 6 aromatic rings. The molecule has 0 aliphatic carbocycles. The van der Waals surface area contributed by atoms with Crippen LogP contribution in [0.5, 0.6) is 0 Å². The van der Waals surface area contributed by atoms with Gasteiger partial charge in [0.2, 0.25) is 0 Å². The first-order valence-electron chi connectivity index (χ1n) is 14.0. The maximum absolute atomic E-state index is 12.7. The van der Waals surface area contributed by atoms with Crippen LogP contribution in [0.25, 0.3) is 55.6 Å². The minimum absolute atomic E-state index is 0.523. The average Bonchev–Trinajstić information content (AvgIpc) is 3.50. The van der Waals surface area contributed by atoms with E-state index in [2.05, 4.69) is 34.3 Å². The number of nitrogens with zero attached hydrogens (tertiary/aromatic N) is 5. The predicted octanol–water partition coefficient (Wildman–Crippen LogP) is 7.76. The molecular weight excluding hydrogens is 562 g/mol. The molecule has 218 valence electrons. The van der Waals surface area contributed by atoms with E-state index < -0.39 is 17.7 Å². The van der Waals surface area contributed by atoms with Crippen LogP contribution in [0.2, 0.25) is 5.02 Å². The highest BCUT2D eigenvalue weighted by Crippen LogP contribution is 2.42. The number of rotatable bonds is 6. The highest BCUT2D eigenvalue weighted by atomic mass is 35.5. The molecule has 8 nitrogen and oxygen atoms in total. The third-order valence-electron chi connectivity index (χ3n) is 7.59. The van der Waals surface area contributed by atoms with Gasteiger partial charge in [-0.25, -0.2) is 9.78 Å². The van der Waals surface area contributed by atoms with Crippen LogP contribution in [-0.2, 0) is 23.6 Å². The van der Waals surface area contributed by atoms with E-state index in [1.165, 1.54) is 0 Å². The monoisotopic (exact) mass is 593 g/mol. The zero-order valence-corrected chi connectivity index (χ0v) is 25.6. The lowest BCUT2D eigenvalue weighted by molar-refractivity contribution is -0.160. The topological polar surface area (TPSA) is 95.1 Å². The summed E-state index contributed by atoms with van der Waals surface area (Å²) in [5.41, 5.74) is 7.48. The van der Waals surface area contributed by atoms with Gasteiger partial charge in [0, 0.05) is 64.0 Å². The van der Waals surface area contributed by atoms with Crippen LogP contribution in [-0.4, -0.2) is 41.0 Å². The summed E-state index contributed by atoms with van der Waals surface area (Å²) in [5, 5.41) is 17.2. The first kappa shape index (κ1) is 28.6. The Kier molecular flexibility index (Phi) is 7.07. The smallest absolute Gasteiger partial charge is 0.337 e. The first-order chi connectivity index (χ1) is 20.4. The minimum atomic E-state index is -1.22. The normalized spacial score (nSPS) is 12.7. The van der Waals surface area contributed by atoms with Crippen molar-refractivity contribution in [1.29, 1.82) is 0 Å². The zero-order valence-electron chi connectivity index (χ0n) is 24.9. The average molecular weight is 594 g/mol. The molecule has 2 aromatic carbocycles. The van der Waals surface area contributed by atoms with Crippen molar-refractivity contribution in [2.75, 3.05) is 0 Å². The fourth-order valence-electron chi connectivity index (χ4n) is 5.64. The van der Waals surface area contributed by atoms with E-state index in [0.29, 0.717) is 16.3 Å². The Balaban J connectivity index is 1.57. The van der Waals surface area contributed by atoms with Crippen LogP contribution >= 0.6 is 11.6 Å². The van der Waals surface area contributed by atoms with Gasteiger partial charge in [-0.3, -0.25) is 9.67 Å². The summed E-state index contributed by atoms with van der Waals surface area (Å²) in [6, 6.07) is 19.7. The molecule has 0 saturated heterocycles. The Morgan fingerprint density at radius 3 is 2.40 bits per heavy atom. The summed E-state index contributed by atoms with van der Waals surface area (Å²) < 4.78 is 10.0. The maximum atomic E-state index is 12.7. The molecule has 0 unspecified atom stereocenters. The van der Waals surface area contributed by atoms with Gasteiger partial charge in [0.25, 0.3) is 0 Å². The second-order valence-corrected chi connectivity index (χ2v) is 12.2. The van der Waals surface area contributed by atoms with E-state index in [-0.39, 0.29) is 0 Å². The fraction of sp³-hybridized carbons (Fsp3) is 0.235. The molecule has 4 heterocycles. The quantitative estimate of drug-likeness (QED) is 0.212. The predicted molar refractivity (Wildman–Crippen MR) is 170 cm³/mol. The number of carbonyl (C=O) groups is 1. The zero-order chi connectivity index (χ0) is 30.6. The molecule has 1 atom stereocenters. The molecule has 1 N–H and O–H groups in total. The number of hydrogen-bond donors (Lipinski definition) is 1. The molecule has 0 saturated carbocycles. The van der Waals surface area contributed by atoms with Gasteiger partial charge < -0.3 is 14.4 Å². The van der Waals surface area contributed by atoms with Crippen molar-refractivity contribution in [2.24, 2.45) is 14.1 Å². The van der Waals surface area contributed by atoms with Gasteiger partial charge in [-0.1, -0.05) is 29.8 Å². The van der Waals surface area contributed by atoms with Gasteiger partial charge in [-0.2, -0.15) is 5.10 Å². The number of aromatic nitrogens is 5. The van der Waals surface area contributed by atoms with Gasteiger partial charge in [0.1, 0.15) is 5.65 Å². The Hall–Kier alpha value is -4.53. The number of aryl methyl sites for hydroxylation is 3. The largest absolute Gasteiger partial charge is 0.479 e. The molecule has 0 radical (unpaired) electrons. The van der Waals surface area contributed by atoms with Gasteiger partial charge in [-0.05, 0) is 75.7 Å². The van der Waals surface area contributed by atoms with Crippen LogP contribution in [0.3, 0.4) is 0 Å². The van der Waals surface area contributed by atoms with Crippen molar-refractivity contribution in [3.63, 3.8) is 0 Å². The van der Waals surface area contributed by atoms with Gasteiger partial charge in [-0.15, -0.1) is 0 Å². The molecule has 0 amide bonds. The Morgan fingerprint density at radius 1 is 0.977 bits per heavy atom. The number of aliphatic carboxylic acids is 1. The highest BCUT2D eigenvalue weighted by Gasteiger charge is 2.33. The number of carboxylic acid groups (broad SMARTS) is 1. The van der Waals surface area contributed by atoms with Crippen molar-refractivity contribution in [3.05, 3.63) is 89.3 Å². The molecule has 43 heavy (non-hydrogen) atoms. The van der Waals surface area contributed by atoms with E-state index in [0.717, 1.165) is 55.6 Å². The van der Waals surface area contributed by atoms with Crippen molar-refractivity contribution in [1.82, 2.24) is 24.3 Å². The number of fused-ring (bicyclic) bond motifs is 2. The van der Waals surface area contributed by atoms with Gasteiger partial charge >= 0.3 is 5.97 Å². The molecule has 0 bridgehead atoms. The van der Waals surface area contributed by atoms with Crippen LogP contribution < -0.4 is 0 Å².